The second-order valence-electron chi connectivity index (χ2n) is 5.94. The fourth-order valence-electron chi connectivity index (χ4n) is 2.43. The third-order valence-corrected chi connectivity index (χ3v) is 3.76. The monoisotopic (exact) mass is 349 g/mol. The highest BCUT2D eigenvalue weighted by atomic mass is 16.5. The van der Waals surface area contributed by atoms with E-state index in [0.29, 0.717) is 6.61 Å². The molecule has 0 fully saturated rings. The zero-order valence-electron chi connectivity index (χ0n) is 15.2. The summed E-state index contributed by atoms with van der Waals surface area (Å²) in [4.78, 5) is 10.6. The van der Waals surface area contributed by atoms with Gasteiger partial charge in [0.25, 0.3) is 0 Å². The largest absolute Gasteiger partial charge is 0.494 e. The van der Waals surface area contributed by atoms with Crippen LogP contribution in [0.15, 0.2) is 60.9 Å². The van der Waals surface area contributed by atoms with E-state index < -0.39 is 0 Å². The maximum absolute atomic E-state index is 5.45. The fraction of sp³-hybridized carbons (Fsp3) is 0.200. The topological polar surface area (TPSA) is 62.3 Å². The summed E-state index contributed by atoms with van der Waals surface area (Å²) in [6.07, 6.45) is 1.54. The minimum Gasteiger partial charge on any atom is -0.494 e. The van der Waals surface area contributed by atoms with Crippen molar-refractivity contribution in [2.24, 2.45) is 0 Å². The number of anilines is 5. The van der Waals surface area contributed by atoms with Crippen LogP contribution in [-0.2, 0) is 0 Å². The van der Waals surface area contributed by atoms with Crippen LogP contribution in [0.25, 0.3) is 0 Å². The molecule has 2 N–H and O–H groups in total. The van der Waals surface area contributed by atoms with Crippen LogP contribution >= 0.6 is 0 Å². The van der Waals surface area contributed by atoms with E-state index in [0.717, 1.165) is 34.4 Å². The smallest absolute Gasteiger partial charge is 0.135 e. The number of aromatic nitrogens is 2. The predicted molar refractivity (Wildman–Crippen MR) is 107 cm³/mol. The Kier molecular flexibility index (Phi) is 5.53. The molecule has 26 heavy (non-hydrogen) atoms. The number of hydrogen-bond acceptors (Lipinski definition) is 6. The third kappa shape index (κ3) is 4.63. The molecular formula is C20H23N5O. The Bertz CT molecular complexity index is 832. The van der Waals surface area contributed by atoms with Crippen LogP contribution in [0.1, 0.15) is 6.92 Å². The van der Waals surface area contributed by atoms with Crippen LogP contribution in [0.4, 0.5) is 28.7 Å². The lowest BCUT2D eigenvalue weighted by Gasteiger charge is -2.13. The molecule has 0 saturated heterocycles. The molecule has 0 radical (unpaired) electrons. The minimum absolute atomic E-state index is 0.656. The molecule has 0 unspecified atom stereocenters. The minimum atomic E-state index is 0.656. The third-order valence-electron chi connectivity index (χ3n) is 3.76. The van der Waals surface area contributed by atoms with E-state index in [4.69, 9.17) is 4.74 Å². The standard InChI is InChI=1S/C20H23N5O/c1-4-26-18-11-7-16(8-12-18)24-20-13-19(21-14-22-20)23-15-5-9-17(10-6-15)25(2)3/h5-14H,4H2,1-3H3,(H2,21,22,23,24). The van der Waals surface area contributed by atoms with Gasteiger partial charge in [0.2, 0.25) is 0 Å². The molecule has 0 atom stereocenters. The Hall–Kier alpha value is -3.28. The van der Waals surface area contributed by atoms with Crippen molar-refractivity contribution in [2.75, 3.05) is 36.2 Å². The van der Waals surface area contributed by atoms with Crippen LogP contribution in [0, 0.1) is 0 Å². The molecule has 0 aliphatic carbocycles. The molecule has 134 valence electrons. The van der Waals surface area contributed by atoms with Crippen LogP contribution in [-0.4, -0.2) is 30.7 Å². The van der Waals surface area contributed by atoms with E-state index in [1.165, 1.54) is 6.33 Å². The SMILES string of the molecule is CCOc1ccc(Nc2cc(Nc3ccc(N(C)C)cc3)ncn2)cc1. The first-order valence-electron chi connectivity index (χ1n) is 8.50. The Balaban J connectivity index is 1.67. The van der Waals surface area contributed by atoms with Gasteiger partial charge in [-0.05, 0) is 55.5 Å². The molecule has 6 heteroatoms. The normalized spacial score (nSPS) is 10.3. The number of nitrogens with zero attached hydrogens (tertiary/aromatic N) is 3. The molecule has 0 aliphatic rings. The van der Waals surface area contributed by atoms with Gasteiger partial charge < -0.3 is 20.3 Å². The number of nitrogens with one attached hydrogen (secondary N) is 2. The van der Waals surface area contributed by atoms with Gasteiger partial charge in [0.1, 0.15) is 23.7 Å². The summed E-state index contributed by atoms with van der Waals surface area (Å²) < 4.78 is 5.45. The van der Waals surface area contributed by atoms with Crippen LogP contribution < -0.4 is 20.3 Å². The number of hydrogen-bond donors (Lipinski definition) is 2. The molecule has 0 bridgehead atoms. The van der Waals surface area contributed by atoms with E-state index in [1.54, 1.807) is 0 Å². The summed E-state index contributed by atoms with van der Waals surface area (Å²) in [5.41, 5.74) is 3.06. The summed E-state index contributed by atoms with van der Waals surface area (Å²) in [6, 6.07) is 17.8. The van der Waals surface area contributed by atoms with Gasteiger partial charge >= 0.3 is 0 Å². The lowest BCUT2D eigenvalue weighted by molar-refractivity contribution is 0.340. The summed E-state index contributed by atoms with van der Waals surface area (Å²) >= 11 is 0. The van der Waals surface area contributed by atoms with Gasteiger partial charge in [-0.3, -0.25) is 0 Å². The van der Waals surface area contributed by atoms with Crippen molar-refractivity contribution in [1.29, 1.82) is 0 Å². The Morgan fingerprint density at radius 3 is 1.88 bits per heavy atom. The van der Waals surface area contributed by atoms with E-state index in [-0.39, 0.29) is 0 Å². The first kappa shape index (κ1) is 17.5. The maximum Gasteiger partial charge on any atom is 0.135 e. The summed E-state index contributed by atoms with van der Waals surface area (Å²) in [5.74, 6) is 2.30. The Morgan fingerprint density at radius 2 is 1.38 bits per heavy atom. The van der Waals surface area contributed by atoms with Crippen molar-refractivity contribution in [3.8, 4) is 5.75 Å². The first-order valence-corrected chi connectivity index (χ1v) is 8.50. The molecule has 0 amide bonds. The number of ether oxygens (including phenoxy) is 1. The van der Waals surface area contributed by atoms with Gasteiger partial charge in [0, 0.05) is 37.2 Å². The molecule has 1 heterocycles. The second-order valence-corrected chi connectivity index (χ2v) is 5.94. The van der Waals surface area contributed by atoms with Crippen LogP contribution in [0.2, 0.25) is 0 Å². The first-order chi connectivity index (χ1) is 12.6. The highest BCUT2D eigenvalue weighted by molar-refractivity contribution is 5.64. The average molecular weight is 349 g/mol. The van der Waals surface area contributed by atoms with Crippen LogP contribution in [0.3, 0.4) is 0 Å². The molecule has 3 aromatic rings. The van der Waals surface area contributed by atoms with Gasteiger partial charge in [-0.25, -0.2) is 9.97 Å². The molecule has 6 nitrogen and oxygen atoms in total. The van der Waals surface area contributed by atoms with Gasteiger partial charge in [0.05, 0.1) is 6.61 Å². The van der Waals surface area contributed by atoms with Crippen molar-refractivity contribution in [1.82, 2.24) is 9.97 Å². The van der Waals surface area contributed by atoms with Crippen LogP contribution in [0.5, 0.6) is 5.75 Å². The lowest BCUT2D eigenvalue weighted by Crippen LogP contribution is -2.08. The summed E-state index contributed by atoms with van der Waals surface area (Å²) in [5, 5.41) is 6.56. The quantitative estimate of drug-likeness (QED) is 0.658. The highest BCUT2D eigenvalue weighted by Gasteiger charge is 2.02. The summed E-state index contributed by atoms with van der Waals surface area (Å²) in [7, 11) is 4.04. The molecule has 0 aliphatic heterocycles. The maximum atomic E-state index is 5.45. The Morgan fingerprint density at radius 1 is 0.846 bits per heavy atom. The van der Waals surface area contributed by atoms with Gasteiger partial charge in [0.15, 0.2) is 0 Å². The molecule has 1 aromatic heterocycles. The Labute approximate surface area is 153 Å². The zero-order valence-corrected chi connectivity index (χ0v) is 15.2. The number of rotatable bonds is 7. The molecule has 3 rings (SSSR count). The van der Waals surface area contributed by atoms with Crippen molar-refractivity contribution in [3.63, 3.8) is 0 Å². The molecule has 2 aromatic carbocycles. The van der Waals surface area contributed by atoms with Crippen molar-refractivity contribution >= 4 is 28.7 Å². The number of benzene rings is 2. The van der Waals surface area contributed by atoms with Gasteiger partial charge in [-0.1, -0.05) is 0 Å². The van der Waals surface area contributed by atoms with E-state index in [9.17, 15) is 0 Å². The predicted octanol–water partition coefficient (Wildman–Crippen LogP) is 4.43. The van der Waals surface area contributed by atoms with Crippen molar-refractivity contribution < 1.29 is 4.74 Å². The average Bonchev–Trinajstić information content (AvgIpc) is 2.64. The molecule has 0 saturated carbocycles. The van der Waals surface area contributed by atoms with E-state index >= 15 is 0 Å². The zero-order chi connectivity index (χ0) is 18.4. The molecular weight excluding hydrogens is 326 g/mol. The van der Waals surface area contributed by atoms with E-state index in [1.807, 2.05) is 63.5 Å². The van der Waals surface area contributed by atoms with E-state index in [2.05, 4.69) is 37.6 Å². The molecule has 0 spiro atoms. The summed E-state index contributed by atoms with van der Waals surface area (Å²) in [6.45, 7) is 2.62. The van der Waals surface area contributed by atoms with Crippen molar-refractivity contribution in [3.05, 3.63) is 60.9 Å². The van der Waals surface area contributed by atoms with Gasteiger partial charge in [-0.2, -0.15) is 0 Å². The highest BCUT2D eigenvalue weighted by Crippen LogP contribution is 2.22. The second kappa shape index (κ2) is 8.20. The lowest BCUT2D eigenvalue weighted by atomic mass is 10.2. The van der Waals surface area contributed by atoms with Gasteiger partial charge in [-0.15, -0.1) is 0 Å². The van der Waals surface area contributed by atoms with Crippen molar-refractivity contribution in [2.45, 2.75) is 6.92 Å². The fourth-order valence-corrected chi connectivity index (χ4v) is 2.43.